The number of benzene rings is 2. The predicted octanol–water partition coefficient (Wildman–Crippen LogP) is 3.79. The minimum absolute atomic E-state index is 0.00252. The Kier molecular flexibility index (Phi) is 7.35. The predicted molar refractivity (Wildman–Crippen MR) is 98.9 cm³/mol. The summed E-state index contributed by atoms with van der Waals surface area (Å²) in [5, 5.41) is 11.5. The van der Waals surface area contributed by atoms with Crippen molar-refractivity contribution >= 4 is 33.8 Å². The zero-order chi connectivity index (χ0) is 18.9. The number of aliphatic carboxylic acids is 1. The largest absolute Gasteiger partial charge is 0.480 e. The highest BCUT2D eigenvalue weighted by molar-refractivity contribution is 9.10. The van der Waals surface area contributed by atoms with Crippen LogP contribution in [0.5, 0.6) is 0 Å². The van der Waals surface area contributed by atoms with Gasteiger partial charge in [-0.1, -0.05) is 64.5 Å². The Balaban J connectivity index is 1.85. The lowest BCUT2D eigenvalue weighted by Gasteiger charge is -2.14. The molecule has 6 nitrogen and oxygen atoms in total. The molecule has 0 bridgehead atoms. The van der Waals surface area contributed by atoms with Gasteiger partial charge in [0.05, 0.1) is 0 Å². The van der Waals surface area contributed by atoms with Gasteiger partial charge in [0.25, 0.3) is 0 Å². The highest BCUT2D eigenvalue weighted by Crippen LogP contribution is 2.16. The Morgan fingerprint density at radius 1 is 1.04 bits per heavy atom. The monoisotopic (exact) mass is 419 g/mol. The summed E-state index contributed by atoms with van der Waals surface area (Å²) < 4.78 is 5.84. The van der Waals surface area contributed by atoms with Crippen molar-refractivity contribution in [2.75, 3.05) is 0 Å². The van der Waals surface area contributed by atoms with Crippen LogP contribution in [0.25, 0.3) is 0 Å². The molecular weight excluding hydrogens is 402 g/mol. The van der Waals surface area contributed by atoms with Crippen molar-refractivity contribution in [1.29, 1.82) is 0 Å². The van der Waals surface area contributed by atoms with E-state index in [2.05, 4.69) is 21.2 Å². The van der Waals surface area contributed by atoms with Crippen LogP contribution >= 0.6 is 15.9 Å². The Morgan fingerprint density at radius 3 is 2.35 bits per heavy atom. The molecule has 0 radical (unpaired) electrons. The van der Waals surface area contributed by atoms with E-state index in [4.69, 9.17) is 4.74 Å². The zero-order valence-electron chi connectivity index (χ0n) is 13.9. The van der Waals surface area contributed by atoms with E-state index >= 15 is 0 Å². The highest BCUT2D eigenvalue weighted by Gasteiger charge is 2.22. The van der Waals surface area contributed by atoms with Crippen LogP contribution in [0, 0.1) is 0 Å². The van der Waals surface area contributed by atoms with Crippen LogP contribution in [-0.4, -0.2) is 29.0 Å². The topological polar surface area (TPSA) is 92.7 Å². The maximum atomic E-state index is 12.1. The van der Waals surface area contributed by atoms with E-state index < -0.39 is 18.1 Å². The molecule has 1 amide bonds. The van der Waals surface area contributed by atoms with Gasteiger partial charge in [0.15, 0.2) is 5.78 Å². The summed E-state index contributed by atoms with van der Waals surface area (Å²) in [7, 11) is 0. The molecule has 0 heterocycles. The number of halogens is 1. The van der Waals surface area contributed by atoms with E-state index in [1.807, 2.05) is 12.1 Å². The van der Waals surface area contributed by atoms with Crippen LogP contribution in [0.4, 0.5) is 4.79 Å². The van der Waals surface area contributed by atoms with E-state index in [0.717, 1.165) is 10.0 Å². The quantitative estimate of drug-likeness (QED) is 0.634. The molecule has 2 aromatic carbocycles. The summed E-state index contributed by atoms with van der Waals surface area (Å²) in [5.41, 5.74) is 1.27. The van der Waals surface area contributed by atoms with Gasteiger partial charge >= 0.3 is 12.1 Å². The van der Waals surface area contributed by atoms with Crippen molar-refractivity contribution in [3.63, 3.8) is 0 Å². The van der Waals surface area contributed by atoms with Gasteiger partial charge in [0, 0.05) is 22.0 Å². The highest BCUT2D eigenvalue weighted by atomic mass is 79.9. The van der Waals surface area contributed by atoms with Crippen molar-refractivity contribution < 1.29 is 24.2 Å². The van der Waals surface area contributed by atoms with Gasteiger partial charge < -0.3 is 15.2 Å². The SMILES string of the molecule is O=C(NC(CCC(=O)c1ccccc1)C(=O)O)OCc1ccccc1Br. The number of carboxylic acids is 1. The van der Waals surface area contributed by atoms with Gasteiger partial charge in [-0.3, -0.25) is 4.79 Å². The zero-order valence-corrected chi connectivity index (χ0v) is 15.4. The summed E-state index contributed by atoms with van der Waals surface area (Å²) in [6.07, 6.45) is -0.862. The molecule has 2 aromatic rings. The number of hydrogen-bond donors (Lipinski definition) is 2. The van der Waals surface area contributed by atoms with E-state index in [9.17, 15) is 19.5 Å². The summed E-state index contributed by atoms with van der Waals surface area (Å²) in [6.45, 7) is 0.00252. The number of rotatable bonds is 8. The molecule has 26 heavy (non-hydrogen) atoms. The average Bonchev–Trinajstić information content (AvgIpc) is 2.64. The molecule has 1 atom stereocenters. The Bertz CT molecular complexity index is 779. The molecule has 136 valence electrons. The lowest BCUT2D eigenvalue weighted by Crippen LogP contribution is -2.41. The van der Waals surface area contributed by atoms with Gasteiger partial charge in [0.1, 0.15) is 12.6 Å². The Labute approximate surface area is 159 Å². The van der Waals surface area contributed by atoms with Gasteiger partial charge in [0.2, 0.25) is 0 Å². The second-order valence-electron chi connectivity index (χ2n) is 5.53. The summed E-state index contributed by atoms with van der Waals surface area (Å²) in [6, 6.07) is 14.6. The van der Waals surface area contributed by atoms with Gasteiger partial charge in [-0.15, -0.1) is 0 Å². The van der Waals surface area contributed by atoms with Crippen molar-refractivity contribution in [3.8, 4) is 0 Å². The lowest BCUT2D eigenvalue weighted by molar-refractivity contribution is -0.139. The first-order valence-corrected chi connectivity index (χ1v) is 8.74. The third kappa shape index (κ3) is 6.00. The lowest BCUT2D eigenvalue weighted by atomic mass is 10.0. The maximum Gasteiger partial charge on any atom is 0.408 e. The van der Waals surface area contributed by atoms with Crippen LogP contribution in [-0.2, 0) is 16.1 Å². The first kappa shape index (κ1) is 19.7. The number of nitrogens with one attached hydrogen (secondary N) is 1. The number of ether oxygens (including phenoxy) is 1. The molecule has 7 heteroatoms. The molecule has 0 aliphatic heterocycles. The van der Waals surface area contributed by atoms with Crippen LogP contribution < -0.4 is 5.32 Å². The van der Waals surface area contributed by atoms with E-state index in [1.54, 1.807) is 42.5 Å². The fourth-order valence-electron chi connectivity index (χ4n) is 2.24. The van der Waals surface area contributed by atoms with Crippen LogP contribution in [0.1, 0.15) is 28.8 Å². The summed E-state index contributed by atoms with van der Waals surface area (Å²) in [5.74, 6) is -1.40. The van der Waals surface area contributed by atoms with Gasteiger partial charge in [-0.2, -0.15) is 0 Å². The number of ketones is 1. The van der Waals surface area contributed by atoms with Crippen LogP contribution in [0.3, 0.4) is 0 Å². The van der Waals surface area contributed by atoms with E-state index in [0.29, 0.717) is 5.56 Å². The number of amides is 1. The first-order chi connectivity index (χ1) is 12.5. The van der Waals surface area contributed by atoms with Crippen molar-refractivity contribution in [3.05, 3.63) is 70.2 Å². The second-order valence-corrected chi connectivity index (χ2v) is 6.38. The molecular formula is C19H18BrNO5. The van der Waals surface area contributed by atoms with E-state index in [-0.39, 0.29) is 25.2 Å². The van der Waals surface area contributed by atoms with Crippen molar-refractivity contribution in [2.24, 2.45) is 0 Å². The fourth-order valence-corrected chi connectivity index (χ4v) is 2.64. The molecule has 0 saturated heterocycles. The van der Waals surface area contributed by atoms with Crippen LogP contribution in [0.15, 0.2) is 59.1 Å². The molecule has 2 N–H and O–H groups in total. The van der Waals surface area contributed by atoms with Crippen molar-refractivity contribution in [2.45, 2.75) is 25.5 Å². The Morgan fingerprint density at radius 2 is 1.69 bits per heavy atom. The van der Waals surface area contributed by atoms with Crippen molar-refractivity contribution in [1.82, 2.24) is 5.32 Å². The summed E-state index contributed by atoms with van der Waals surface area (Å²) in [4.78, 5) is 35.2. The minimum Gasteiger partial charge on any atom is -0.480 e. The number of hydrogen-bond acceptors (Lipinski definition) is 4. The maximum absolute atomic E-state index is 12.1. The summed E-state index contributed by atoms with van der Waals surface area (Å²) >= 11 is 3.34. The molecule has 2 rings (SSSR count). The van der Waals surface area contributed by atoms with Gasteiger partial charge in [-0.05, 0) is 12.5 Å². The first-order valence-electron chi connectivity index (χ1n) is 7.95. The van der Waals surface area contributed by atoms with Crippen LogP contribution in [0.2, 0.25) is 0 Å². The number of alkyl carbamates (subject to hydrolysis) is 1. The molecule has 0 aliphatic rings. The number of Topliss-reactive ketones (excluding diaryl/α,β-unsaturated/α-hetero) is 1. The molecule has 0 spiro atoms. The normalized spacial score (nSPS) is 11.4. The standard InChI is InChI=1S/C19H18BrNO5/c20-15-9-5-4-8-14(15)12-26-19(25)21-16(18(23)24)10-11-17(22)13-6-2-1-3-7-13/h1-9,16H,10-12H2,(H,21,25)(H,23,24). The minimum atomic E-state index is -1.22. The Hall–Kier alpha value is -2.67. The number of carbonyl (C=O) groups is 3. The second kappa shape index (κ2) is 9.72. The third-order valence-electron chi connectivity index (χ3n) is 3.66. The molecule has 1 unspecified atom stereocenters. The molecule has 0 aromatic heterocycles. The molecule has 0 fully saturated rings. The molecule has 0 saturated carbocycles. The van der Waals surface area contributed by atoms with E-state index in [1.165, 1.54) is 0 Å². The van der Waals surface area contributed by atoms with Gasteiger partial charge in [-0.25, -0.2) is 9.59 Å². The number of carboxylic acid groups (broad SMARTS) is 1. The third-order valence-corrected chi connectivity index (χ3v) is 4.44. The smallest absolute Gasteiger partial charge is 0.408 e. The molecule has 0 aliphatic carbocycles. The average molecular weight is 420 g/mol. The number of carbonyl (C=O) groups excluding carboxylic acids is 2. The fraction of sp³-hybridized carbons (Fsp3) is 0.211.